The maximum Gasteiger partial charge on any atom is 0.00879 e. The average molecular weight is 122 g/mol. The van der Waals surface area contributed by atoms with E-state index in [-0.39, 0.29) is 5.41 Å². The molecule has 1 aromatic heterocycles. The van der Waals surface area contributed by atoms with Crippen LogP contribution in [0.4, 0.5) is 0 Å². The second-order valence-electron chi connectivity index (χ2n) is 3.26. The number of hydrogen-bond donors (Lipinski definition) is 1. The highest BCUT2D eigenvalue weighted by Crippen LogP contribution is 2.19. The fourth-order valence-electron chi connectivity index (χ4n) is 0.719. The Bertz CT molecular complexity index is 167. The van der Waals surface area contributed by atoms with E-state index in [1.165, 1.54) is 5.56 Å². The summed E-state index contributed by atoms with van der Waals surface area (Å²) in [4.78, 5) is 2.98. The van der Waals surface area contributed by atoms with Gasteiger partial charge >= 0.3 is 0 Å². The monoisotopic (exact) mass is 122 g/mol. The Labute approximate surface area is 56.1 Å². The van der Waals surface area contributed by atoms with E-state index in [9.17, 15) is 0 Å². The van der Waals surface area contributed by atoms with E-state index in [4.69, 9.17) is 0 Å². The summed E-state index contributed by atoms with van der Waals surface area (Å²) in [5, 5.41) is 0. The van der Waals surface area contributed by atoms with Crippen LogP contribution in [0.5, 0.6) is 0 Å². The van der Waals surface area contributed by atoms with Gasteiger partial charge in [0.1, 0.15) is 0 Å². The van der Waals surface area contributed by atoms with Gasteiger partial charge in [-0.3, -0.25) is 0 Å². The quantitative estimate of drug-likeness (QED) is 0.542. The van der Waals surface area contributed by atoms with Crippen LogP contribution >= 0.6 is 0 Å². The zero-order valence-electron chi connectivity index (χ0n) is 6.15. The Hall–Kier alpha value is -0.720. The smallest absolute Gasteiger partial charge is 0.00879 e. The number of aromatic amines is 1. The minimum absolute atomic E-state index is 0.236. The summed E-state index contributed by atoms with van der Waals surface area (Å²) in [6, 6.07) is 3.12. The predicted octanol–water partition coefficient (Wildman–Crippen LogP) is 2.11. The molecule has 0 spiro atoms. The van der Waals surface area contributed by atoms with E-state index in [1.54, 1.807) is 0 Å². The zero-order valence-corrected chi connectivity index (χ0v) is 6.15. The lowest BCUT2D eigenvalue weighted by atomic mass is 9.89. The van der Waals surface area contributed by atoms with E-state index in [2.05, 4.69) is 31.8 Å². The van der Waals surface area contributed by atoms with E-state index < -0.39 is 0 Å². The van der Waals surface area contributed by atoms with Crippen LogP contribution in [0.15, 0.2) is 12.4 Å². The summed E-state index contributed by atoms with van der Waals surface area (Å²) in [5.41, 5.74) is 1.47. The standard InChI is InChI=1S/C8H12N/c1-8(2,3)7-4-5-9-6-7/h5-6,9H,1-3H3. The molecule has 1 aromatic rings. The van der Waals surface area contributed by atoms with Crippen molar-refractivity contribution in [3.05, 3.63) is 24.0 Å². The topological polar surface area (TPSA) is 15.8 Å². The minimum Gasteiger partial charge on any atom is -0.367 e. The molecular weight excluding hydrogens is 110 g/mol. The number of nitrogens with one attached hydrogen (secondary N) is 1. The molecule has 0 saturated heterocycles. The van der Waals surface area contributed by atoms with Gasteiger partial charge in [0.2, 0.25) is 0 Å². The van der Waals surface area contributed by atoms with Gasteiger partial charge in [-0.1, -0.05) is 20.8 Å². The first-order valence-electron chi connectivity index (χ1n) is 3.15. The van der Waals surface area contributed by atoms with Crippen molar-refractivity contribution in [2.45, 2.75) is 26.2 Å². The highest BCUT2D eigenvalue weighted by atomic mass is 14.6. The molecule has 1 radical (unpaired) electrons. The van der Waals surface area contributed by atoms with E-state index in [1.807, 2.05) is 12.4 Å². The van der Waals surface area contributed by atoms with Gasteiger partial charge in [-0.25, -0.2) is 0 Å². The predicted molar refractivity (Wildman–Crippen MR) is 38.3 cm³/mol. The molecule has 0 aliphatic carbocycles. The summed E-state index contributed by atoms with van der Waals surface area (Å²) in [5.74, 6) is 0. The van der Waals surface area contributed by atoms with E-state index >= 15 is 0 Å². The molecule has 0 amide bonds. The van der Waals surface area contributed by atoms with Gasteiger partial charge in [-0.2, -0.15) is 0 Å². The van der Waals surface area contributed by atoms with Gasteiger partial charge in [-0.15, -0.1) is 0 Å². The van der Waals surface area contributed by atoms with Crippen LogP contribution in [-0.4, -0.2) is 4.98 Å². The molecule has 0 unspecified atom stereocenters. The first-order valence-corrected chi connectivity index (χ1v) is 3.15. The van der Waals surface area contributed by atoms with Crippen LogP contribution in [0.25, 0.3) is 0 Å². The molecule has 0 saturated carbocycles. The molecule has 0 fully saturated rings. The fourth-order valence-corrected chi connectivity index (χ4v) is 0.719. The fraction of sp³-hybridized carbons (Fsp3) is 0.500. The summed E-state index contributed by atoms with van der Waals surface area (Å²) < 4.78 is 0. The van der Waals surface area contributed by atoms with Crippen molar-refractivity contribution in [2.24, 2.45) is 0 Å². The molecular formula is C8H12N. The second-order valence-corrected chi connectivity index (χ2v) is 3.26. The number of hydrogen-bond acceptors (Lipinski definition) is 0. The van der Waals surface area contributed by atoms with Gasteiger partial charge in [-0.05, 0) is 11.0 Å². The summed E-state index contributed by atoms with van der Waals surface area (Å²) in [6.07, 6.45) is 3.82. The van der Waals surface area contributed by atoms with Crippen molar-refractivity contribution in [3.63, 3.8) is 0 Å². The van der Waals surface area contributed by atoms with Gasteiger partial charge < -0.3 is 4.98 Å². The highest BCUT2D eigenvalue weighted by Gasteiger charge is 2.12. The van der Waals surface area contributed by atoms with E-state index in [0.29, 0.717) is 0 Å². The molecule has 1 heteroatoms. The molecule has 0 aliphatic rings. The molecule has 1 nitrogen and oxygen atoms in total. The lowest BCUT2D eigenvalue weighted by Gasteiger charge is -2.14. The third-order valence-electron chi connectivity index (χ3n) is 1.35. The maximum atomic E-state index is 3.12. The first-order chi connectivity index (χ1) is 4.11. The van der Waals surface area contributed by atoms with Crippen LogP contribution in [-0.2, 0) is 5.41 Å². The SMILES string of the molecule is CC(C)(C)c1[c]c[nH]c1. The third-order valence-corrected chi connectivity index (χ3v) is 1.35. The molecule has 0 aliphatic heterocycles. The largest absolute Gasteiger partial charge is 0.367 e. The summed E-state index contributed by atoms with van der Waals surface area (Å²) in [6.45, 7) is 6.52. The van der Waals surface area contributed by atoms with Gasteiger partial charge in [0, 0.05) is 18.5 Å². The highest BCUT2D eigenvalue weighted by molar-refractivity contribution is 5.16. The van der Waals surface area contributed by atoms with Gasteiger partial charge in [0.15, 0.2) is 0 Å². The Kier molecular flexibility index (Phi) is 1.35. The van der Waals surface area contributed by atoms with Crippen LogP contribution in [0.1, 0.15) is 26.3 Å². The van der Waals surface area contributed by atoms with Crippen molar-refractivity contribution >= 4 is 0 Å². The maximum absolute atomic E-state index is 3.12. The number of H-pyrrole nitrogens is 1. The Morgan fingerprint density at radius 3 is 2.33 bits per heavy atom. The van der Waals surface area contributed by atoms with Crippen LogP contribution in [0.2, 0.25) is 0 Å². The van der Waals surface area contributed by atoms with Crippen LogP contribution in [0, 0.1) is 6.07 Å². The minimum atomic E-state index is 0.236. The van der Waals surface area contributed by atoms with Crippen molar-refractivity contribution in [1.29, 1.82) is 0 Å². The summed E-state index contributed by atoms with van der Waals surface area (Å²) >= 11 is 0. The molecule has 9 heavy (non-hydrogen) atoms. The van der Waals surface area contributed by atoms with E-state index in [0.717, 1.165) is 0 Å². The van der Waals surface area contributed by atoms with Crippen molar-refractivity contribution in [1.82, 2.24) is 4.98 Å². The first kappa shape index (κ1) is 6.40. The lowest BCUT2D eigenvalue weighted by molar-refractivity contribution is 0.590. The summed E-state index contributed by atoms with van der Waals surface area (Å²) in [7, 11) is 0. The Morgan fingerprint density at radius 2 is 2.11 bits per heavy atom. The van der Waals surface area contributed by atoms with Crippen LogP contribution in [0.3, 0.4) is 0 Å². The van der Waals surface area contributed by atoms with Crippen molar-refractivity contribution in [2.75, 3.05) is 0 Å². The van der Waals surface area contributed by atoms with Gasteiger partial charge in [0.05, 0.1) is 0 Å². The molecule has 0 atom stereocenters. The van der Waals surface area contributed by atoms with Crippen LogP contribution < -0.4 is 0 Å². The van der Waals surface area contributed by atoms with Crippen molar-refractivity contribution < 1.29 is 0 Å². The Morgan fingerprint density at radius 1 is 1.44 bits per heavy atom. The van der Waals surface area contributed by atoms with Crippen molar-refractivity contribution in [3.8, 4) is 0 Å². The molecule has 0 bridgehead atoms. The molecule has 0 aromatic carbocycles. The molecule has 1 rings (SSSR count). The number of rotatable bonds is 0. The normalized spacial score (nSPS) is 11.9. The molecule has 1 N–H and O–H groups in total. The molecule has 1 heterocycles. The average Bonchev–Trinajstić information content (AvgIpc) is 2.08. The zero-order chi connectivity index (χ0) is 6.91. The van der Waals surface area contributed by atoms with Gasteiger partial charge in [0.25, 0.3) is 0 Å². The Balaban J connectivity index is 2.90. The second kappa shape index (κ2) is 1.90. The lowest BCUT2D eigenvalue weighted by Crippen LogP contribution is -2.09. The third kappa shape index (κ3) is 1.35. The molecule has 49 valence electrons. The number of aromatic nitrogens is 1.